The van der Waals surface area contributed by atoms with E-state index in [9.17, 15) is 35.1 Å². The largest absolute Gasteiger partial charge is 0.466 e. The molecule has 0 saturated carbocycles. The highest BCUT2D eigenvalue weighted by molar-refractivity contribution is 5.76. The van der Waals surface area contributed by atoms with Crippen LogP contribution >= 0.6 is 0 Å². The van der Waals surface area contributed by atoms with Crippen LogP contribution in [0, 0.1) is 0 Å². The van der Waals surface area contributed by atoms with Crippen LogP contribution in [0.5, 0.6) is 0 Å². The van der Waals surface area contributed by atoms with E-state index >= 15 is 0 Å². The molecule has 11 nitrogen and oxygen atoms in total. The highest BCUT2D eigenvalue weighted by Gasteiger charge is 2.44. The first kappa shape index (κ1) is 63.9. The number of unbranched alkanes of at least 4 members (excludes halogenated alkanes) is 19. The number of hydrogen-bond acceptors (Lipinski definition) is 10. The van der Waals surface area contributed by atoms with E-state index in [2.05, 4.69) is 92.1 Å². The summed E-state index contributed by atoms with van der Waals surface area (Å²) in [6.07, 6.45) is 52.4. The molecule has 1 amide bonds. The fourth-order valence-electron chi connectivity index (χ4n) is 7.77. The van der Waals surface area contributed by atoms with E-state index in [1.54, 1.807) is 6.08 Å². The maximum absolute atomic E-state index is 13.0. The number of nitrogens with one attached hydrogen (secondary N) is 1. The summed E-state index contributed by atoms with van der Waals surface area (Å²) in [6, 6.07) is -0.848. The average molecular weight is 970 g/mol. The molecule has 0 radical (unpaired) electrons. The van der Waals surface area contributed by atoms with Gasteiger partial charge in [-0.05, 0) is 116 Å². The van der Waals surface area contributed by atoms with Gasteiger partial charge in [0, 0.05) is 12.8 Å². The van der Waals surface area contributed by atoms with E-state index in [1.165, 1.54) is 44.9 Å². The van der Waals surface area contributed by atoms with Crippen molar-refractivity contribution >= 4 is 11.9 Å². The molecular weight excluding hydrogens is 871 g/mol. The topological polar surface area (TPSA) is 175 Å². The van der Waals surface area contributed by atoms with Crippen molar-refractivity contribution in [1.82, 2.24) is 5.32 Å². The van der Waals surface area contributed by atoms with Crippen LogP contribution in [-0.2, 0) is 23.8 Å². The Kier molecular flexibility index (Phi) is 43.7. The van der Waals surface area contributed by atoms with Gasteiger partial charge in [-0.1, -0.05) is 163 Å². The molecule has 69 heavy (non-hydrogen) atoms. The van der Waals surface area contributed by atoms with Crippen molar-refractivity contribution in [2.75, 3.05) is 19.8 Å². The second kappa shape index (κ2) is 47.2. The molecule has 6 N–H and O–H groups in total. The van der Waals surface area contributed by atoms with Crippen LogP contribution in [0.4, 0.5) is 0 Å². The van der Waals surface area contributed by atoms with E-state index in [0.717, 1.165) is 128 Å². The molecule has 0 aliphatic carbocycles. The third-order valence-corrected chi connectivity index (χ3v) is 12.1. The number of allylic oxidation sites excluding steroid dienone is 13. The summed E-state index contributed by atoms with van der Waals surface area (Å²) < 4.78 is 16.6. The summed E-state index contributed by atoms with van der Waals surface area (Å²) in [4.78, 5) is 25.0. The van der Waals surface area contributed by atoms with Crippen molar-refractivity contribution in [3.8, 4) is 0 Å². The van der Waals surface area contributed by atoms with Crippen LogP contribution in [0.2, 0.25) is 0 Å². The molecule has 7 atom stereocenters. The Morgan fingerprint density at radius 2 is 0.986 bits per heavy atom. The lowest BCUT2D eigenvalue weighted by molar-refractivity contribution is -0.302. The third kappa shape index (κ3) is 37.3. The minimum Gasteiger partial charge on any atom is -0.466 e. The van der Waals surface area contributed by atoms with Gasteiger partial charge in [0.25, 0.3) is 0 Å². The molecule has 1 aliphatic rings. The Hall–Kier alpha value is -3.16. The summed E-state index contributed by atoms with van der Waals surface area (Å²) >= 11 is 0. The van der Waals surface area contributed by atoms with Crippen LogP contribution in [0.1, 0.15) is 206 Å². The van der Waals surface area contributed by atoms with Crippen molar-refractivity contribution in [2.45, 2.75) is 249 Å². The average Bonchev–Trinajstić information content (AvgIpc) is 3.34. The molecule has 396 valence electrons. The van der Waals surface area contributed by atoms with Gasteiger partial charge in [0.2, 0.25) is 5.91 Å². The molecular formula is C58H99NO10. The van der Waals surface area contributed by atoms with Crippen molar-refractivity contribution in [3.63, 3.8) is 0 Å². The number of hydrogen-bond donors (Lipinski definition) is 6. The predicted molar refractivity (Wildman–Crippen MR) is 282 cm³/mol. The fourth-order valence-corrected chi connectivity index (χ4v) is 7.77. The van der Waals surface area contributed by atoms with E-state index < -0.39 is 49.5 Å². The second-order valence-electron chi connectivity index (χ2n) is 18.5. The second-order valence-corrected chi connectivity index (χ2v) is 18.5. The Balaban J connectivity index is 2.16. The number of aliphatic hydroxyl groups is 5. The maximum Gasteiger partial charge on any atom is 0.305 e. The van der Waals surface area contributed by atoms with Crippen LogP contribution in [0.25, 0.3) is 0 Å². The van der Waals surface area contributed by atoms with Gasteiger partial charge in [0.05, 0.1) is 32.0 Å². The smallest absolute Gasteiger partial charge is 0.305 e. The van der Waals surface area contributed by atoms with Crippen LogP contribution in [0.3, 0.4) is 0 Å². The molecule has 0 bridgehead atoms. The van der Waals surface area contributed by atoms with Crippen molar-refractivity contribution in [1.29, 1.82) is 0 Å². The van der Waals surface area contributed by atoms with Crippen molar-refractivity contribution in [3.05, 3.63) is 85.1 Å². The van der Waals surface area contributed by atoms with E-state index in [0.29, 0.717) is 25.9 Å². The van der Waals surface area contributed by atoms with Gasteiger partial charge in [-0.3, -0.25) is 9.59 Å². The van der Waals surface area contributed by atoms with Gasteiger partial charge in [0.1, 0.15) is 24.4 Å². The fraction of sp³-hybridized carbons (Fsp3) is 0.724. The summed E-state index contributed by atoms with van der Waals surface area (Å²) in [6.45, 7) is 4.09. The lowest BCUT2D eigenvalue weighted by Crippen LogP contribution is -2.60. The number of esters is 1. The van der Waals surface area contributed by atoms with Gasteiger partial charge in [0.15, 0.2) is 6.29 Å². The molecule has 1 aliphatic heterocycles. The zero-order valence-corrected chi connectivity index (χ0v) is 43.2. The third-order valence-electron chi connectivity index (χ3n) is 12.1. The van der Waals surface area contributed by atoms with Crippen LogP contribution < -0.4 is 5.32 Å². The molecule has 1 fully saturated rings. The molecule has 1 rings (SSSR count). The lowest BCUT2D eigenvalue weighted by Gasteiger charge is -2.40. The molecule has 1 saturated heterocycles. The Labute approximate surface area is 419 Å². The summed E-state index contributed by atoms with van der Waals surface area (Å²) in [5.41, 5.74) is 0. The Bertz CT molecular complexity index is 1420. The van der Waals surface area contributed by atoms with Crippen molar-refractivity contribution in [2.24, 2.45) is 0 Å². The monoisotopic (exact) mass is 970 g/mol. The van der Waals surface area contributed by atoms with Crippen LogP contribution in [0.15, 0.2) is 85.1 Å². The maximum atomic E-state index is 13.0. The molecule has 0 aromatic carbocycles. The number of aliphatic hydroxyl groups excluding tert-OH is 5. The van der Waals surface area contributed by atoms with Crippen LogP contribution in [-0.4, -0.2) is 100 Å². The summed E-state index contributed by atoms with van der Waals surface area (Å²) in [7, 11) is 0. The normalized spacial score (nSPS) is 20.0. The molecule has 0 spiro atoms. The summed E-state index contributed by atoms with van der Waals surface area (Å²) in [5, 5.41) is 54.2. The van der Waals surface area contributed by atoms with E-state index in [1.807, 2.05) is 6.08 Å². The lowest BCUT2D eigenvalue weighted by atomic mass is 9.99. The van der Waals surface area contributed by atoms with Gasteiger partial charge >= 0.3 is 5.97 Å². The molecule has 0 aromatic heterocycles. The molecule has 11 heteroatoms. The molecule has 0 aromatic rings. The van der Waals surface area contributed by atoms with E-state index in [-0.39, 0.29) is 18.5 Å². The van der Waals surface area contributed by atoms with Gasteiger partial charge in [-0.2, -0.15) is 0 Å². The van der Waals surface area contributed by atoms with Gasteiger partial charge in [-0.15, -0.1) is 0 Å². The number of rotatable bonds is 45. The number of amides is 1. The first-order chi connectivity index (χ1) is 33.7. The first-order valence-electron chi connectivity index (χ1n) is 27.4. The SMILES string of the molecule is CCC/C=C\C/C=C\CCCCCCCC(=O)OCCCCC/C=C\C/C=C\CCCCCCCCCC(=O)NC(COC1OC(CO)C(O)C(O)C1O)C(O)/C=C/CC/C=C/CC/C=C/CCC. The minimum atomic E-state index is -1.59. The zero-order chi connectivity index (χ0) is 50.3. The van der Waals surface area contributed by atoms with Gasteiger partial charge in [-0.25, -0.2) is 0 Å². The number of carbonyl (C=O) groups excluding carboxylic acids is 2. The zero-order valence-electron chi connectivity index (χ0n) is 43.2. The van der Waals surface area contributed by atoms with Crippen molar-refractivity contribution < 1.29 is 49.3 Å². The Morgan fingerprint density at radius 1 is 0.536 bits per heavy atom. The Morgan fingerprint density at radius 3 is 1.52 bits per heavy atom. The highest BCUT2D eigenvalue weighted by atomic mass is 16.7. The molecule has 1 heterocycles. The quantitative estimate of drug-likeness (QED) is 0.0196. The predicted octanol–water partition coefficient (Wildman–Crippen LogP) is 11.8. The molecule has 7 unspecified atom stereocenters. The minimum absolute atomic E-state index is 0.0507. The first-order valence-corrected chi connectivity index (χ1v) is 27.4. The summed E-state index contributed by atoms with van der Waals surface area (Å²) in [5.74, 6) is -0.268. The standard InChI is InChI=1S/C58H99NO10/c1-3-5-7-9-11-13-15-21-26-30-34-38-42-46-54(63)67-47-43-39-35-31-27-23-20-18-16-17-19-22-25-29-33-37-41-45-53(62)59-50(49-68-58-57(66)56(65)55(64)52(48-60)69-58)51(61)44-40-36-32-28-24-14-12-10-8-6-4-2/h7-10,13,15-16,18,23-24,27-28,40,44,50-52,55-58,60-61,64-66H,3-6,11-12,14,17,19-22,25-26,29-39,41-43,45-49H2,1-2H3,(H,59,62)/b9-7-,10-8+,15-13-,18-16-,27-23-,28-24+,44-40+. The highest BCUT2D eigenvalue weighted by Crippen LogP contribution is 2.22. The number of carbonyl (C=O) groups is 2. The number of ether oxygens (including phenoxy) is 3. The van der Waals surface area contributed by atoms with E-state index in [4.69, 9.17) is 14.2 Å². The van der Waals surface area contributed by atoms with Gasteiger partial charge < -0.3 is 45.1 Å².